The number of amides is 1. The maximum Gasteiger partial charge on any atom is 0.250 e. The van der Waals surface area contributed by atoms with Gasteiger partial charge < -0.3 is 19.5 Å². The van der Waals surface area contributed by atoms with Gasteiger partial charge in [-0.2, -0.15) is 5.10 Å². The molecule has 0 bridgehead atoms. The molecule has 8 heteroatoms. The van der Waals surface area contributed by atoms with Crippen LogP contribution in [0, 0.1) is 0 Å². The Morgan fingerprint density at radius 1 is 1.36 bits per heavy atom. The van der Waals surface area contributed by atoms with Crippen molar-refractivity contribution >= 4 is 11.6 Å². The first-order valence-corrected chi connectivity index (χ1v) is 9.66. The third kappa shape index (κ3) is 4.28. The van der Waals surface area contributed by atoms with Crippen LogP contribution in [-0.4, -0.2) is 61.0 Å². The van der Waals surface area contributed by atoms with Crippen LogP contribution in [0.3, 0.4) is 0 Å². The molecule has 1 unspecified atom stereocenters. The summed E-state index contributed by atoms with van der Waals surface area (Å²) in [5, 5.41) is 10.1. The van der Waals surface area contributed by atoms with Crippen LogP contribution in [0.4, 0.5) is 5.69 Å². The lowest BCUT2D eigenvalue weighted by Gasteiger charge is -2.33. The molecule has 3 heterocycles. The van der Waals surface area contributed by atoms with Crippen LogP contribution < -0.4 is 14.8 Å². The normalized spacial score (nSPS) is 19.4. The molecular formula is C20H26N4O4. The predicted molar refractivity (Wildman–Crippen MR) is 104 cm³/mol. The van der Waals surface area contributed by atoms with E-state index in [9.17, 15) is 4.79 Å². The lowest BCUT2D eigenvalue weighted by Crippen LogP contribution is -2.34. The van der Waals surface area contributed by atoms with E-state index in [1.807, 2.05) is 6.07 Å². The summed E-state index contributed by atoms with van der Waals surface area (Å²) in [6.45, 7) is 4.04. The van der Waals surface area contributed by atoms with E-state index < -0.39 is 0 Å². The Morgan fingerprint density at radius 2 is 2.21 bits per heavy atom. The Bertz CT molecular complexity index is 822. The van der Waals surface area contributed by atoms with Gasteiger partial charge in [-0.25, -0.2) is 0 Å². The highest BCUT2D eigenvalue weighted by Crippen LogP contribution is 2.33. The lowest BCUT2D eigenvalue weighted by atomic mass is 9.93. The van der Waals surface area contributed by atoms with E-state index in [4.69, 9.17) is 14.2 Å². The summed E-state index contributed by atoms with van der Waals surface area (Å²) in [5.41, 5.74) is 2.94. The van der Waals surface area contributed by atoms with Crippen LogP contribution in [0.1, 0.15) is 30.0 Å². The first kappa shape index (κ1) is 18.8. The number of anilines is 1. The van der Waals surface area contributed by atoms with Crippen molar-refractivity contribution in [3.63, 3.8) is 0 Å². The van der Waals surface area contributed by atoms with E-state index in [2.05, 4.69) is 32.5 Å². The molecule has 1 fully saturated rings. The highest BCUT2D eigenvalue weighted by atomic mass is 16.6. The highest BCUT2D eigenvalue weighted by Gasteiger charge is 2.25. The number of ether oxygens (including phenoxy) is 3. The minimum atomic E-state index is -0.172. The first-order chi connectivity index (χ1) is 13.7. The Labute approximate surface area is 164 Å². The molecule has 1 aromatic carbocycles. The van der Waals surface area contributed by atoms with E-state index in [0.717, 1.165) is 55.4 Å². The van der Waals surface area contributed by atoms with E-state index in [0.29, 0.717) is 19.1 Å². The van der Waals surface area contributed by atoms with Gasteiger partial charge in [-0.05, 0) is 37.1 Å². The van der Waals surface area contributed by atoms with Crippen LogP contribution in [-0.2, 0) is 16.1 Å². The number of methoxy groups -OCH3 is 1. The van der Waals surface area contributed by atoms with E-state index in [-0.39, 0.29) is 12.5 Å². The number of fused-ring (bicyclic) bond motifs is 1. The molecule has 0 aliphatic carbocycles. The molecule has 0 saturated carbocycles. The smallest absolute Gasteiger partial charge is 0.250 e. The van der Waals surface area contributed by atoms with Crippen molar-refractivity contribution in [1.29, 1.82) is 0 Å². The molecule has 1 atom stereocenters. The molecule has 2 N–H and O–H groups in total. The number of hydrogen-bond donors (Lipinski definition) is 2. The number of piperidine rings is 1. The number of likely N-dealkylation sites (tertiary alicyclic amines) is 1. The maximum atomic E-state index is 11.9. The fraction of sp³-hybridized carbons (Fsp3) is 0.500. The van der Waals surface area contributed by atoms with Crippen molar-refractivity contribution in [2.24, 2.45) is 0 Å². The fourth-order valence-electron chi connectivity index (χ4n) is 3.90. The molecule has 0 radical (unpaired) electrons. The Kier molecular flexibility index (Phi) is 5.78. The summed E-state index contributed by atoms with van der Waals surface area (Å²) in [6, 6.07) is 6.16. The highest BCUT2D eigenvalue weighted by molar-refractivity contribution is 5.92. The quantitative estimate of drug-likeness (QED) is 0.791. The molecule has 0 spiro atoms. The Balaban J connectivity index is 1.41. The van der Waals surface area contributed by atoms with E-state index in [1.54, 1.807) is 6.20 Å². The average Bonchev–Trinajstić information content (AvgIpc) is 3.16. The van der Waals surface area contributed by atoms with Crippen molar-refractivity contribution in [2.45, 2.75) is 25.3 Å². The monoisotopic (exact) mass is 386 g/mol. The van der Waals surface area contributed by atoms with Gasteiger partial charge in [0.25, 0.3) is 0 Å². The largest absolute Gasteiger partial charge is 0.486 e. The van der Waals surface area contributed by atoms with Crippen LogP contribution in [0.2, 0.25) is 0 Å². The molecule has 28 heavy (non-hydrogen) atoms. The summed E-state index contributed by atoms with van der Waals surface area (Å²) >= 11 is 0. The van der Waals surface area contributed by atoms with Gasteiger partial charge in [-0.1, -0.05) is 6.07 Å². The molecule has 2 aromatic rings. The minimum absolute atomic E-state index is 0.0333. The summed E-state index contributed by atoms with van der Waals surface area (Å²) in [7, 11) is 1.51. The number of nitrogens with zero attached hydrogens (tertiary/aromatic N) is 2. The van der Waals surface area contributed by atoms with Gasteiger partial charge in [-0.15, -0.1) is 0 Å². The SMILES string of the molecule is COCC(=O)Nc1cn[nH]c1C1CCCN(Cc2ccc3c(c2)OCCO3)C1. The summed E-state index contributed by atoms with van der Waals surface area (Å²) in [6.07, 6.45) is 3.83. The van der Waals surface area contributed by atoms with Crippen LogP contribution in [0.5, 0.6) is 11.5 Å². The minimum Gasteiger partial charge on any atom is -0.486 e. The van der Waals surface area contributed by atoms with Gasteiger partial charge in [0.15, 0.2) is 11.5 Å². The second kappa shape index (κ2) is 8.62. The number of H-pyrrole nitrogens is 1. The number of benzene rings is 1. The second-order valence-electron chi connectivity index (χ2n) is 7.23. The number of carbonyl (C=O) groups excluding carboxylic acids is 1. The van der Waals surface area contributed by atoms with Gasteiger partial charge in [0.2, 0.25) is 5.91 Å². The first-order valence-electron chi connectivity index (χ1n) is 9.66. The topological polar surface area (TPSA) is 88.7 Å². The maximum absolute atomic E-state index is 11.9. The summed E-state index contributed by atoms with van der Waals surface area (Å²) < 4.78 is 16.2. The van der Waals surface area contributed by atoms with Gasteiger partial charge in [0.1, 0.15) is 19.8 Å². The van der Waals surface area contributed by atoms with Crippen molar-refractivity contribution in [3.8, 4) is 11.5 Å². The molecule has 8 nitrogen and oxygen atoms in total. The van der Waals surface area contributed by atoms with E-state index in [1.165, 1.54) is 12.7 Å². The number of rotatable bonds is 6. The molecule has 1 saturated heterocycles. The van der Waals surface area contributed by atoms with Crippen molar-refractivity contribution in [3.05, 3.63) is 35.7 Å². The van der Waals surface area contributed by atoms with Gasteiger partial charge >= 0.3 is 0 Å². The fourth-order valence-corrected chi connectivity index (χ4v) is 3.90. The predicted octanol–water partition coefficient (Wildman–Crippen LogP) is 2.15. The van der Waals surface area contributed by atoms with Gasteiger partial charge in [0.05, 0.1) is 17.6 Å². The zero-order chi connectivity index (χ0) is 19.3. The second-order valence-corrected chi connectivity index (χ2v) is 7.23. The molecule has 1 aromatic heterocycles. The lowest BCUT2D eigenvalue weighted by molar-refractivity contribution is -0.119. The summed E-state index contributed by atoms with van der Waals surface area (Å²) in [4.78, 5) is 14.3. The number of aromatic nitrogens is 2. The molecule has 1 amide bonds. The number of nitrogens with one attached hydrogen (secondary N) is 2. The van der Waals surface area contributed by atoms with Crippen LogP contribution in [0.25, 0.3) is 0 Å². The molecule has 4 rings (SSSR count). The molecule has 2 aliphatic heterocycles. The molecule has 2 aliphatic rings. The average molecular weight is 386 g/mol. The molecule has 150 valence electrons. The number of hydrogen-bond acceptors (Lipinski definition) is 6. The zero-order valence-corrected chi connectivity index (χ0v) is 16.1. The van der Waals surface area contributed by atoms with E-state index >= 15 is 0 Å². The summed E-state index contributed by atoms with van der Waals surface area (Å²) in [5.74, 6) is 1.77. The van der Waals surface area contributed by atoms with Crippen LogP contribution >= 0.6 is 0 Å². The number of carbonyl (C=O) groups is 1. The Hall–Kier alpha value is -2.58. The number of aromatic amines is 1. The third-order valence-electron chi connectivity index (χ3n) is 5.14. The zero-order valence-electron chi connectivity index (χ0n) is 16.1. The van der Waals surface area contributed by atoms with Crippen molar-refractivity contribution in [1.82, 2.24) is 15.1 Å². The molecular weight excluding hydrogens is 360 g/mol. The third-order valence-corrected chi connectivity index (χ3v) is 5.14. The Morgan fingerprint density at radius 3 is 3.07 bits per heavy atom. The van der Waals surface area contributed by atoms with Gasteiger partial charge in [-0.3, -0.25) is 14.8 Å². The van der Waals surface area contributed by atoms with Crippen LogP contribution in [0.15, 0.2) is 24.4 Å². The van der Waals surface area contributed by atoms with Crippen molar-refractivity contribution < 1.29 is 19.0 Å². The van der Waals surface area contributed by atoms with Gasteiger partial charge in [0, 0.05) is 26.1 Å². The standard InChI is InChI=1S/C20H26N4O4/c1-26-13-19(25)22-16-10-21-23-20(16)15-3-2-6-24(12-15)11-14-4-5-17-18(9-14)28-8-7-27-17/h4-5,9-10,15H,2-3,6-8,11-13H2,1H3,(H,21,23)(H,22,25). The van der Waals surface area contributed by atoms with Crippen molar-refractivity contribution in [2.75, 3.05) is 45.3 Å².